The van der Waals surface area contributed by atoms with Gasteiger partial charge in [0.15, 0.2) is 0 Å². The highest BCUT2D eigenvalue weighted by atomic mass is 16.1. The lowest BCUT2D eigenvalue weighted by atomic mass is 9.74. The van der Waals surface area contributed by atoms with E-state index in [2.05, 4.69) is 13.8 Å². The Morgan fingerprint density at radius 2 is 1.56 bits per heavy atom. The van der Waals surface area contributed by atoms with Crippen LogP contribution in [-0.2, 0) is 4.79 Å². The van der Waals surface area contributed by atoms with Crippen molar-refractivity contribution in [3.63, 3.8) is 0 Å². The van der Waals surface area contributed by atoms with E-state index in [0.29, 0.717) is 11.7 Å². The predicted molar refractivity (Wildman–Crippen MR) is 67.3 cm³/mol. The second kappa shape index (κ2) is 5.33. The fourth-order valence-electron chi connectivity index (χ4n) is 3.88. The number of hydrogen-bond donors (Lipinski definition) is 0. The van der Waals surface area contributed by atoms with Gasteiger partial charge in [0.25, 0.3) is 0 Å². The molecule has 2 saturated carbocycles. The topological polar surface area (TPSA) is 17.1 Å². The molecule has 0 amide bonds. The van der Waals surface area contributed by atoms with Gasteiger partial charge in [-0.05, 0) is 37.0 Å². The minimum Gasteiger partial charge on any atom is -0.299 e. The lowest BCUT2D eigenvalue weighted by molar-refractivity contribution is -0.125. The number of hydrogen-bond acceptors (Lipinski definition) is 1. The summed E-state index contributed by atoms with van der Waals surface area (Å²) in [5, 5.41) is 0. The first-order valence-corrected chi connectivity index (χ1v) is 7.18. The fourth-order valence-corrected chi connectivity index (χ4v) is 3.88. The number of Topliss-reactive ketones (excluding diaryl/α,β-unsaturated/α-hetero) is 1. The Bertz CT molecular complexity index is 230. The van der Waals surface area contributed by atoms with Gasteiger partial charge in [-0.2, -0.15) is 0 Å². The van der Waals surface area contributed by atoms with Crippen molar-refractivity contribution >= 4 is 5.78 Å². The third-order valence-electron chi connectivity index (χ3n) is 4.60. The maximum atomic E-state index is 12.2. The Hall–Kier alpha value is -0.330. The molecule has 2 unspecified atom stereocenters. The highest BCUT2D eigenvalue weighted by molar-refractivity contribution is 5.81. The second-order valence-corrected chi connectivity index (χ2v) is 6.44. The Morgan fingerprint density at radius 1 is 1.00 bits per heavy atom. The maximum absolute atomic E-state index is 12.2. The summed E-state index contributed by atoms with van der Waals surface area (Å²) in [6.07, 6.45) is 9.88. The van der Waals surface area contributed by atoms with E-state index in [1.807, 2.05) is 0 Å². The molecule has 2 aliphatic carbocycles. The van der Waals surface area contributed by atoms with Crippen LogP contribution in [0.4, 0.5) is 0 Å². The summed E-state index contributed by atoms with van der Waals surface area (Å²) in [5.74, 6) is 3.26. The van der Waals surface area contributed by atoms with Gasteiger partial charge >= 0.3 is 0 Å². The van der Waals surface area contributed by atoms with Gasteiger partial charge in [-0.1, -0.05) is 39.5 Å². The van der Waals surface area contributed by atoms with Crippen LogP contribution in [0.25, 0.3) is 0 Å². The van der Waals surface area contributed by atoms with Crippen molar-refractivity contribution in [2.24, 2.45) is 23.7 Å². The Labute approximate surface area is 100.0 Å². The lowest BCUT2D eigenvalue weighted by Crippen LogP contribution is -2.27. The standard InChI is InChI=1S/C15H26O/c1-11-7-12(2)9-14(8-11)15(16)10-13-5-3-4-6-13/h11-14H,3-10H2,1-2H3. The van der Waals surface area contributed by atoms with E-state index in [4.69, 9.17) is 0 Å². The molecule has 0 aromatic heterocycles. The van der Waals surface area contributed by atoms with Crippen LogP contribution < -0.4 is 0 Å². The summed E-state index contributed by atoms with van der Waals surface area (Å²) in [6.45, 7) is 4.62. The van der Waals surface area contributed by atoms with Crippen LogP contribution in [0.5, 0.6) is 0 Å². The van der Waals surface area contributed by atoms with Gasteiger partial charge in [0, 0.05) is 12.3 Å². The molecule has 0 spiro atoms. The van der Waals surface area contributed by atoms with Crippen molar-refractivity contribution in [1.82, 2.24) is 0 Å². The van der Waals surface area contributed by atoms with Gasteiger partial charge in [-0.15, -0.1) is 0 Å². The summed E-state index contributed by atoms with van der Waals surface area (Å²) in [7, 11) is 0. The summed E-state index contributed by atoms with van der Waals surface area (Å²) >= 11 is 0. The van der Waals surface area contributed by atoms with E-state index in [-0.39, 0.29) is 0 Å². The first-order chi connectivity index (χ1) is 7.65. The van der Waals surface area contributed by atoms with Crippen LogP contribution in [0.3, 0.4) is 0 Å². The van der Waals surface area contributed by atoms with Crippen LogP contribution in [0.15, 0.2) is 0 Å². The number of carbonyl (C=O) groups excluding carboxylic acids is 1. The predicted octanol–water partition coefficient (Wildman–Crippen LogP) is 4.21. The smallest absolute Gasteiger partial charge is 0.136 e. The van der Waals surface area contributed by atoms with Crippen LogP contribution in [0.1, 0.15) is 65.2 Å². The van der Waals surface area contributed by atoms with Crippen LogP contribution in [0.2, 0.25) is 0 Å². The van der Waals surface area contributed by atoms with E-state index in [9.17, 15) is 4.79 Å². The minimum absolute atomic E-state index is 0.402. The third kappa shape index (κ3) is 3.09. The molecule has 92 valence electrons. The highest BCUT2D eigenvalue weighted by Gasteiger charge is 2.30. The zero-order chi connectivity index (χ0) is 11.5. The molecule has 16 heavy (non-hydrogen) atoms. The SMILES string of the molecule is CC1CC(C)CC(C(=O)CC2CCCC2)C1. The number of ketones is 1. The first kappa shape index (κ1) is 12.1. The van der Waals surface area contributed by atoms with Gasteiger partial charge in [0.05, 0.1) is 0 Å². The largest absolute Gasteiger partial charge is 0.299 e. The molecular formula is C15H26O. The van der Waals surface area contributed by atoms with Crippen LogP contribution in [0, 0.1) is 23.7 Å². The molecule has 2 atom stereocenters. The zero-order valence-electron chi connectivity index (χ0n) is 10.9. The summed E-state index contributed by atoms with van der Waals surface area (Å²) < 4.78 is 0. The maximum Gasteiger partial charge on any atom is 0.136 e. The number of rotatable bonds is 3. The first-order valence-electron chi connectivity index (χ1n) is 7.18. The molecule has 0 saturated heterocycles. The van der Waals surface area contributed by atoms with E-state index in [1.54, 1.807) is 0 Å². The van der Waals surface area contributed by atoms with Crippen molar-refractivity contribution in [2.75, 3.05) is 0 Å². The molecule has 0 bridgehead atoms. The van der Waals surface area contributed by atoms with Gasteiger partial charge in [-0.3, -0.25) is 4.79 Å². The second-order valence-electron chi connectivity index (χ2n) is 6.44. The Kier molecular flexibility index (Phi) is 4.05. The molecular weight excluding hydrogens is 196 g/mol. The number of carbonyl (C=O) groups is 1. The monoisotopic (exact) mass is 222 g/mol. The molecule has 2 rings (SSSR count). The molecule has 0 aliphatic heterocycles. The third-order valence-corrected chi connectivity index (χ3v) is 4.60. The summed E-state index contributed by atoms with van der Waals surface area (Å²) in [5.41, 5.74) is 0. The molecule has 0 aromatic carbocycles. The van der Waals surface area contributed by atoms with Crippen molar-refractivity contribution in [1.29, 1.82) is 0 Å². The van der Waals surface area contributed by atoms with E-state index in [0.717, 1.165) is 37.0 Å². The van der Waals surface area contributed by atoms with Gasteiger partial charge in [0.1, 0.15) is 5.78 Å². The Morgan fingerprint density at radius 3 is 2.12 bits per heavy atom. The van der Waals surface area contributed by atoms with Crippen molar-refractivity contribution in [2.45, 2.75) is 65.2 Å². The summed E-state index contributed by atoms with van der Waals surface area (Å²) in [4.78, 5) is 12.2. The molecule has 2 fully saturated rings. The fraction of sp³-hybridized carbons (Fsp3) is 0.933. The molecule has 0 heterocycles. The summed E-state index contributed by atoms with van der Waals surface area (Å²) in [6, 6.07) is 0. The average Bonchev–Trinajstić information content (AvgIpc) is 2.68. The van der Waals surface area contributed by atoms with E-state index in [1.165, 1.54) is 32.1 Å². The Balaban J connectivity index is 1.83. The van der Waals surface area contributed by atoms with Crippen molar-refractivity contribution in [3.05, 3.63) is 0 Å². The van der Waals surface area contributed by atoms with Crippen LogP contribution in [-0.4, -0.2) is 5.78 Å². The van der Waals surface area contributed by atoms with Crippen molar-refractivity contribution < 1.29 is 4.79 Å². The molecule has 2 aliphatic rings. The van der Waals surface area contributed by atoms with Gasteiger partial charge < -0.3 is 0 Å². The minimum atomic E-state index is 0.402. The normalized spacial score (nSPS) is 36.5. The van der Waals surface area contributed by atoms with Crippen molar-refractivity contribution in [3.8, 4) is 0 Å². The highest BCUT2D eigenvalue weighted by Crippen LogP contribution is 2.36. The zero-order valence-corrected chi connectivity index (χ0v) is 10.9. The van der Waals surface area contributed by atoms with Gasteiger partial charge in [-0.25, -0.2) is 0 Å². The van der Waals surface area contributed by atoms with E-state index >= 15 is 0 Å². The molecule has 1 nitrogen and oxygen atoms in total. The van der Waals surface area contributed by atoms with Crippen LogP contribution >= 0.6 is 0 Å². The lowest BCUT2D eigenvalue weighted by Gasteiger charge is -2.31. The van der Waals surface area contributed by atoms with Gasteiger partial charge in [0.2, 0.25) is 0 Å². The average molecular weight is 222 g/mol. The molecule has 0 radical (unpaired) electrons. The quantitative estimate of drug-likeness (QED) is 0.699. The molecule has 1 heteroatoms. The molecule has 0 N–H and O–H groups in total. The molecule has 0 aromatic rings. The van der Waals surface area contributed by atoms with E-state index < -0.39 is 0 Å².